The zero-order chi connectivity index (χ0) is 14.9. The molecule has 0 aliphatic carbocycles. The predicted octanol–water partition coefficient (Wildman–Crippen LogP) is 5.38. The average molecular weight is 380 g/mol. The molecule has 0 saturated heterocycles. The van der Waals surface area contributed by atoms with Crippen LogP contribution >= 0.6 is 33.2 Å². The Morgan fingerprint density at radius 2 is 1.47 bits per heavy atom. The fraction of sp³-hybridized carbons (Fsp3) is 1.00. The van der Waals surface area contributed by atoms with Gasteiger partial charge < -0.3 is 4.43 Å². The van der Waals surface area contributed by atoms with Crippen molar-refractivity contribution in [3.05, 3.63) is 0 Å². The van der Waals surface area contributed by atoms with E-state index < -0.39 is 14.3 Å². The van der Waals surface area contributed by atoms with Crippen LogP contribution in [0.4, 0.5) is 0 Å². The summed E-state index contributed by atoms with van der Waals surface area (Å²) >= 11 is 17.6. The molecule has 0 N–H and O–H groups in total. The molecule has 0 saturated carbocycles. The van der Waals surface area contributed by atoms with Crippen molar-refractivity contribution in [3.8, 4) is 0 Å². The summed E-state index contributed by atoms with van der Waals surface area (Å²) in [5, 5.41) is 0. The minimum atomic E-state index is -2.37. The van der Waals surface area contributed by atoms with Gasteiger partial charge in [0.2, 0.25) is 0 Å². The van der Waals surface area contributed by atoms with Gasteiger partial charge in [0.05, 0.1) is 9.52 Å². The molecule has 19 heavy (non-hydrogen) atoms. The maximum Gasteiger partial charge on any atom is 0.341 e. The number of hydrogen-bond donors (Lipinski definition) is 0. The Morgan fingerprint density at radius 3 is 1.95 bits per heavy atom. The summed E-state index contributed by atoms with van der Waals surface area (Å²) in [6.07, 6.45) is 7.37. The molecule has 1 nitrogen and oxygen atoms in total. The summed E-state index contributed by atoms with van der Waals surface area (Å²) in [7, 11) is -1.40. The molecule has 0 aliphatic heterocycles. The second-order valence-electron chi connectivity index (χ2n) is 6.18. The van der Waals surface area contributed by atoms with E-state index in [0.29, 0.717) is 5.73 Å². The molecule has 0 fully saturated rings. The van der Waals surface area contributed by atoms with Crippen molar-refractivity contribution < 1.29 is 4.43 Å². The van der Waals surface area contributed by atoms with Gasteiger partial charge in [-0.2, -0.15) is 0 Å². The lowest BCUT2D eigenvalue weighted by molar-refractivity contribution is 0.254. The zero-order valence-corrected chi connectivity index (χ0v) is 18.5. The summed E-state index contributed by atoms with van der Waals surface area (Å²) in [4.78, 5) is 0. The monoisotopic (exact) mass is 378 g/mol. The lowest BCUT2D eigenvalue weighted by atomic mass is 10.1. The molecule has 0 bridgehead atoms. The SMILES string of the molecule is C[SiH2]C(CCCCCCC[Si](Cl)(Cl)Cl)O[Si](C)(C)C. The first-order chi connectivity index (χ1) is 8.64. The van der Waals surface area contributed by atoms with Crippen LogP contribution < -0.4 is 0 Å². The zero-order valence-electron chi connectivity index (χ0n) is 12.8. The van der Waals surface area contributed by atoms with Crippen molar-refractivity contribution in [3.63, 3.8) is 0 Å². The third-order valence-corrected chi connectivity index (χ3v) is 8.44. The molecule has 1 atom stereocenters. The third-order valence-electron chi connectivity index (χ3n) is 2.96. The smallest absolute Gasteiger partial charge is 0.341 e. The highest BCUT2D eigenvalue weighted by atomic mass is 35.8. The minimum absolute atomic E-state index is 0.0487. The van der Waals surface area contributed by atoms with E-state index in [0.717, 1.165) is 12.5 Å². The van der Waals surface area contributed by atoms with E-state index in [4.69, 9.17) is 37.7 Å². The first kappa shape index (κ1) is 20.5. The van der Waals surface area contributed by atoms with Gasteiger partial charge in [-0.15, -0.1) is 33.2 Å². The molecular weight excluding hydrogens is 351 g/mol. The van der Waals surface area contributed by atoms with E-state index in [2.05, 4.69) is 26.2 Å². The number of rotatable bonds is 11. The normalized spacial score (nSPS) is 15.3. The van der Waals surface area contributed by atoms with Crippen LogP contribution in [-0.2, 0) is 4.43 Å². The molecule has 7 heteroatoms. The fourth-order valence-electron chi connectivity index (χ4n) is 2.07. The predicted molar refractivity (Wildman–Crippen MR) is 98.4 cm³/mol. The topological polar surface area (TPSA) is 9.23 Å². The van der Waals surface area contributed by atoms with E-state index in [1.165, 1.54) is 32.1 Å². The first-order valence-corrected chi connectivity index (χ1v) is 18.3. The van der Waals surface area contributed by atoms with E-state index in [-0.39, 0.29) is 9.52 Å². The van der Waals surface area contributed by atoms with E-state index in [9.17, 15) is 0 Å². The Morgan fingerprint density at radius 1 is 0.947 bits per heavy atom. The number of halogens is 3. The summed E-state index contributed by atoms with van der Waals surface area (Å²) in [5.74, 6) is 0. The van der Waals surface area contributed by atoms with Gasteiger partial charge in [0.1, 0.15) is 0 Å². The van der Waals surface area contributed by atoms with Gasteiger partial charge in [-0.3, -0.25) is 0 Å². The van der Waals surface area contributed by atoms with E-state index in [1.54, 1.807) is 0 Å². The van der Waals surface area contributed by atoms with Crippen molar-refractivity contribution in [2.24, 2.45) is 0 Å². The molecule has 116 valence electrons. The molecular formula is C12H29Cl3OSi3. The van der Waals surface area contributed by atoms with Crippen LogP contribution in [0.15, 0.2) is 0 Å². The van der Waals surface area contributed by atoms with Crippen LogP contribution in [0.1, 0.15) is 38.5 Å². The molecule has 0 aromatic rings. The van der Waals surface area contributed by atoms with Gasteiger partial charge in [0, 0.05) is 5.73 Å². The van der Waals surface area contributed by atoms with Crippen molar-refractivity contribution >= 4 is 57.1 Å². The second-order valence-corrected chi connectivity index (χ2v) is 21.6. The van der Waals surface area contributed by atoms with Crippen LogP contribution in [0.3, 0.4) is 0 Å². The van der Waals surface area contributed by atoms with Gasteiger partial charge in [0.15, 0.2) is 8.32 Å². The maximum atomic E-state index is 6.21. The van der Waals surface area contributed by atoms with Gasteiger partial charge in [0.25, 0.3) is 0 Å². The van der Waals surface area contributed by atoms with Crippen LogP contribution in [0.2, 0.25) is 32.2 Å². The van der Waals surface area contributed by atoms with Gasteiger partial charge in [-0.1, -0.05) is 38.7 Å². The molecule has 0 heterocycles. The van der Waals surface area contributed by atoms with Crippen LogP contribution in [0, 0.1) is 0 Å². The van der Waals surface area contributed by atoms with Crippen LogP contribution in [0.5, 0.6) is 0 Å². The van der Waals surface area contributed by atoms with Gasteiger partial charge >= 0.3 is 6.00 Å². The molecule has 0 aromatic carbocycles. The van der Waals surface area contributed by atoms with Crippen molar-refractivity contribution in [2.45, 2.75) is 76.5 Å². The quantitative estimate of drug-likeness (QED) is 0.266. The largest absolute Gasteiger partial charge is 0.418 e. The number of hydrogen-bond acceptors (Lipinski definition) is 1. The summed E-state index contributed by atoms with van der Waals surface area (Å²) in [6.45, 7) is 9.20. The molecule has 0 rings (SSSR count). The third kappa shape index (κ3) is 15.7. The standard InChI is InChI=1S/C12H29Cl3OSi3/c1-17-12(16-18(2,3)4)10-8-6-5-7-9-11-19(13,14)15/h12H,5-11,17H2,1-4H3. The average Bonchev–Trinajstić information content (AvgIpc) is 2.23. The maximum absolute atomic E-state index is 6.21. The Labute approximate surface area is 137 Å². The van der Waals surface area contributed by atoms with Gasteiger partial charge in [-0.25, -0.2) is 0 Å². The summed E-state index contributed by atoms with van der Waals surface area (Å²) in [6, 6.07) is -1.56. The summed E-state index contributed by atoms with van der Waals surface area (Å²) < 4.78 is 6.21. The highest BCUT2D eigenvalue weighted by Gasteiger charge is 2.23. The van der Waals surface area contributed by atoms with Crippen LogP contribution in [0.25, 0.3) is 0 Å². The Hall–Kier alpha value is 1.48. The highest BCUT2D eigenvalue weighted by molar-refractivity contribution is 7.64. The van der Waals surface area contributed by atoms with Crippen molar-refractivity contribution in [2.75, 3.05) is 0 Å². The van der Waals surface area contributed by atoms with Gasteiger partial charge in [-0.05, 0) is 32.1 Å². The van der Waals surface area contributed by atoms with Crippen molar-refractivity contribution in [1.29, 1.82) is 0 Å². The second kappa shape index (κ2) is 10.2. The van der Waals surface area contributed by atoms with Crippen molar-refractivity contribution in [1.82, 2.24) is 0 Å². The first-order valence-electron chi connectivity index (χ1n) is 7.38. The Kier molecular flexibility index (Phi) is 11.0. The lowest BCUT2D eigenvalue weighted by Crippen LogP contribution is -2.34. The molecule has 0 aliphatic rings. The Bertz CT molecular complexity index is 229. The highest BCUT2D eigenvalue weighted by Crippen LogP contribution is 2.27. The molecule has 0 spiro atoms. The lowest BCUT2D eigenvalue weighted by Gasteiger charge is -2.25. The van der Waals surface area contributed by atoms with E-state index >= 15 is 0 Å². The molecule has 0 radical (unpaired) electrons. The molecule has 0 amide bonds. The minimum Gasteiger partial charge on any atom is -0.418 e. The fourth-order valence-corrected chi connectivity index (χ4v) is 7.91. The Balaban J connectivity index is 3.52. The molecule has 0 aromatic heterocycles. The van der Waals surface area contributed by atoms with Crippen LogP contribution in [-0.4, -0.2) is 29.6 Å². The summed E-state index contributed by atoms with van der Waals surface area (Å²) in [5.41, 5.74) is 0.597. The molecule has 1 unspecified atom stereocenters. The number of unbranched alkanes of at least 4 members (excludes halogenated alkanes) is 4. The van der Waals surface area contributed by atoms with E-state index in [1.807, 2.05) is 0 Å².